The van der Waals surface area contributed by atoms with Crippen molar-refractivity contribution in [2.75, 3.05) is 7.05 Å². The molecule has 0 saturated heterocycles. The highest BCUT2D eigenvalue weighted by molar-refractivity contribution is 7.80. The lowest BCUT2D eigenvalue weighted by Gasteiger charge is -2.10. The number of nitrogens with two attached hydrogens (primary N) is 1. The average Bonchev–Trinajstić information content (AvgIpc) is 2.25. The van der Waals surface area contributed by atoms with Crippen LogP contribution in [-0.2, 0) is 6.54 Å². The molecule has 0 unspecified atom stereocenters. The fourth-order valence-electron chi connectivity index (χ4n) is 1.01. The molecule has 0 bridgehead atoms. The number of nitrogens with one attached hydrogen (secondary N) is 2. The summed E-state index contributed by atoms with van der Waals surface area (Å²) in [4.78, 5) is 8.05. The van der Waals surface area contributed by atoms with Crippen LogP contribution in [0.3, 0.4) is 0 Å². The molecule has 0 radical (unpaired) electrons. The van der Waals surface area contributed by atoms with E-state index in [-0.39, 0.29) is 5.11 Å². The number of thiocarbonyl (C=S) groups is 1. The number of halogens is 1. The summed E-state index contributed by atoms with van der Waals surface area (Å²) in [5.41, 5.74) is 6.06. The minimum atomic E-state index is 0.153. The highest BCUT2D eigenvalue weighted by Gasteiger charge is 2.02. The molecule has 5 nitrogen and oxygen atoms in total. The summed E-state index contributed by atoms with van der Waals surface area (Å²) in [5, 5.41) is 6.43. The molecule has 1 rings (SSSR count). The summed E-state index contributed by atoms with van der Waals surface area (Å²) >= 11 is 10.6. The number of nitrogens with zero attached hydrogens (tertiary/aromatic N) is 2. The Labute approximate surface area is 104 Å². The van der Waals surface area contributed by atoms with E-state index in [0.29, 0.717) is 17.5 Å². The second kappa shape index (κ2) is 6.24. The van der Waals surface area contributed by atoms with Gasteiger partial charge in [-0.15, -0.1) is 0 Å². The lowest BCUT2D eigenvalue weighted by atomic mass is 10.3. The smallest absolute Gasteiger partial charge is 0.197 e. The lowest BCUT2D eigenvalue weighted by Crippen LogP contribution is -2.43. The first-order chi connectivity index (χ1) is 7.63. The van der Waals surface area contributed by atoms with Gasteiger partial charge >= 0.3 is 0 Å². The topological polar surface area (TPSA) is 75.3 Å². The summed E-state index contributed by atoms with van der Waals surface area (Å²) in [6.45, 7) is 0.446. The molecular weight excluding hydrogens is 246 g/mol. The van der Waals surface area contributed by atoms with Gasteiger partial charge in [0.25, 0.3) is 0 Å². The molecule has 0 fully saturated rings. The molecule has 0 aliphatic rings. The summed E-state index contributed by atoms with van der Waals surface area (Å²) in [6.07, 6.45) is 1.67. The molecule has 0 atom stereocenters. The van der Waals surface area contributed by atoms with Crippen LogP contribution in [0.1, 0.15) is 5.69 Å². The minimum Gasteiger partial charge on any atom is -0.376 e. The molecule has 0 aliphatic heterocycles. The van der Waals surface area contributed by atoms with E-state index in [9.17, 15) is 0 Å². The Morgan fingerprint density at radius 3 is 3.00 bits per heavy atom. The van der Waals surface area contributed by atoms with Crippen molar-refractivity contribution in [3.8, 4) is 0 Å². The van der Waals surface area contributed by atoms with E-state index in [1.54, 1.807) is 25.4 Å². The number of guanidine groups is 1. The van der Waals surface area contributed by atoms with Crippen LogP contribution < -0.4 is 16.4 Å². The van der Waals surface area contributed by atoms with Gasteiger partial charge in [-0.05, 0) is 24.4 Å². The monoisotopic (exact) mass is 257 g/mol. The first kappa shape index (κ1) is 12.7. The van der Waals surface area contributed by atoms with Crippen LogP contribution in [0.2, 0.25) is 5.02 Å². The molecule has 0 amide bonds. The van der Waals surface area contributed by atoms with Gasteiger partial charge in [0, 0.05) is 13.2 Å². The second-order valence-corrected chi connectivity index (χ2v) is 3.69. The molecule has 0 spiro atoms. The Kier molecular flexibility index (Phi) is 4.94. The first-order valence-corrected chi connectivity index (χ1v) is 5.28. The number of hydrogen-bond acceptors (Lipinski definition) is 3. The van der Waals surface area contributed by atoms with Gasteiger partial charge in [-0.1, -0.05) is 11.6 Å². The standard InChI is InChI=1S/C9H12ClN5S/c1-12-9(15-8(11)16)14-5-7-6(10)3-2-4-13-7/h2-4H,5H2,1H3,(H4,11,12,14,15,16). The van der Waals surface area contributed by atoms with Gasteiger partial charge in [0.1, 0.15) is 0 Å². The van der Waals surface area contributed by atoms with Crippen LogP contribution in [0.15, 0.2) is 23.3 Å². The molecule has 1 heterocycles. The van der Waals surface area contributed by atoms with Crippen LogP contribution >= 0.6 is 23.8 Å². The van der Waals surface area contributed by atoms with Crippen molar-refractivity contribution >= 4 is 34.9 Å². The van der Waals surface area contributed by atoms with Gasteiger partial charge < -0.3 is 16.4 Å². The van der Waals surface area contributed by atoms with Gasteiger partial charge in [-0.25, -0.2) is 0 Å². The Bertz CT molecular complexity index is 407. The summed E-state index contributed by atoms with van der Waals surface area (Å²) in [7, 11) is 1.62. The molecule has 16 heavy (non-hydrogen) atoms. The van der Waals surface area contributed by atoms with E-state index in [1.807, 2.05) is 0 Å². The Balaban J connectivity index is 2.57. The third kappa shape index (κ3) is 4.00. The molecule has 0 aliphatic carbocycles. The maximum absolute atomic E-state index is 5.94. The van der Waals surface area contributed by atoms with Crippen LogP contribution in [0.25, 0.3) is 0 Å². The summed E-state index contributed by atoms with van der Waals surface area (Å²) < 4.78 is 0. The van der Waals surface area contributed by atoms with E-state index in [4.69, 9.17) is 29.6 Å². The highest BCUT2D eigenvalue weighted by Crippen LogP contribution is 2.11. The Morgan fingerprint density at radius 2 is 2.44 bits per heavy atom. The summed E-state index contributed by atoms with van der Waals surface area (Å²) in [6, 6.07) is 3.54. The normalized spacial score (nSPS) is 11.0. The zero-order valence-electron chi connectivity index (χ0n) is 8.70. The fourth-order valence-corrected chi connectivity index (χ4v) is 1.30. The quantitative estimate of drug-likeness (QED) is 0.412. The van der Waals surface area contributed by atoms with Crippen molar-refractivity contribution in [3.05, 3.63) is 29.0 Å². The van der Waals surface area contributed by atoms with E-state index in [0.717, 1.165) is 5.69 Å². The van der Waals surface area contributed by atoms with E-state index in [1.165, 1.54) is 0 Å². The Morgan fingerprint density at radius 1 is 1.69 bits per heavy atom. The molecule has 4 N–H and O–H groups in total. The average molecular weight is 258 g/mol. The van der Waals surface area contributed by atoms with Crippen molar-refractivity contribution in [1.82, 2.24) is 15.6 Å². The van der Waals surface area contributed by atoms with Crippen molar-refractivity contribution in [2.45, 2.75) is 6.54 Å². The summed E-state index contributed by atoms with van der Waals surface area (Å²) in [5.74, 6) is 0.481. The largest absolute Gasteiger partial charge is 0.376 e. The molecule has 7 heteroatoms. The predicted molar refractivity (Wildman–Crippen MR) is 69.4 cm³/mol. The molecule has 1 aromatic rings. The number of aromatic nitrogens is 1. The molecule has 1 aromatic heterocycles. The van der Waals surface area contributed by atoms with Crippen molar-refractivity contribution in [3.63, 3.8) is 0 Å². The number of pyridine rings is 1. The van der Waals surface area contributed by atoms with Gasteiger partial charge in [0.15, 0.2) is 11.1 Å². The number of rotatable bonds is 2. The second-order valence-electron chi connectivity index (χ2n) is 2.85. The van der Waals surface area contributed by atoms with Crippen molar-refractivity contribution in [2.24, 2.45) is 10.7 Å². The SMILES string of the molecule is CN=C(NCc1ncccc1Cl)NC(N)=S. The molecular formula is C9H12ClN5S. The van der Waals surface area contributed by atoms with Gasteiger partial charge in [0.2, 0.25) is 0 Å². The zero-order valence-corrected chi connectivity index (χ0v) is 10.3. The minimum absolute atomic E-state index is 0.153. The number of aliphatic imine (C=N–C) groups is 1. The van der Waals surface area contributed by atoms with Crippen LogP contribution in [0, 0.1) is 0 Å². The number of hydrogen-bond donors (Lipinski definition) is 3. The third-order valence-electron chi connectivity index (χ3n) is 1.72. The van der Waals surface area contributed by atoms with Gasteiger partial charge in [0.05, 0.1) is 17.3 Å². The molecule has 0 aromatic carbocycles. The molecule has 0 saturated carbocycles. The predicted octanol–water partition coefficient (Wildman–Crippen LogP) is 0.644. The maximum atomic E-state index is 5.94. The third-order valence-corrected chi connectivity index (χ3v) is 2.17. The lowest BCUT2D eigenvalue weighted by molar-refractivity contribution is 0.851. The van der Waals surface area contributed by atoms with E-state index < -0.39 is 0 Å². The molecule has 86 valence electrons. The fraction of sp³-hybridized carbons (Fsp3) is 0.222. The highest BCUT2D eigenvalue weighted by atomic mass is 35.5. The van der Waals surface area contributed by atoms with Crippen LogP contribution in [0.5, 0.6) is 0 Å². The first-order valence-electron chi connectivity index (χ1n) is 4.50. The zero-order chi connectivity index (χ0) is 12.0. The van der Waals surface area contributed by atoms with Crippen LogP contribution in [-0.4, -0.2) is 23.1 Å². The van der Waals surface area contributed by atoms with Gasteiger partial charge in [-0.3, -0.25) is 9.98 Å². The van der Waals surface area contributed by atoms with Crippen molar-refractivity contribution in [1.29, 1.82) is 0 Å². The Hall–Kier alpha value is -1.40. The van der Waals surface area contributed by atoms with Crippen LogP contribution in [0.4, 0.5) is 0 Å². The maximum Gasteiger partial charge on any atom is 0.197 e. The van der Waals surface area contributed by atoms with E-state index >= 15 is 0 Å². The van der Waals surface area contributed by atoms with Crippen molar-refractivity contribution < 1.29 is 0 Å². The van der Waals surface area contributed by atoms with Gasteiger partial charge in [-0.2, -0.15) is 0 Å². The van der Waals surface area contributed by atoms with E-state index in [2.05, 4.69) is 20.6 Å².